The van der Waals surface area contributed by atoms with Crippen LogP contribution in [-0.2, 0) is 16.4 Å². The van der Waals surface area contributed by atoms with Crippen LogP contribution in [0.15, 0.2) is 48.7 Å². The summed E-state index contributed by atoms with van der Waals surface area (Å²) < 4.78 is 25.9. The highest BCUT2D eigenvalue weighted by Crippen LogP contribution is 2.27. The van der Waals surface area contributed by atoms with Crippen molar-refractivity contribution in [3.8, 4) is 11.3 Å². The van der Waals surface area contributed by atoms with Crippen LogP contribution >= 0.6 is 0 Å². The Hall–Kier alpha value is -2.22. The van der Waals surface area contributed by atoms with E-state index in [-0.39, 0.29) is 6.04 Å². The SMILES string of the molecule is Cc1ccc2nc(-c3ccccc3)c(CN3CCN([C@H]4CCS(=O)(=O)C4)CC3)n2c1. The standard InChI is InChI=1S/C23H28N4O2S/c1-18-7-8-22-24-23(19-5-3-2-4-6-19)21(27(22)15-18)16-25-10-12-26(13-11-25)20-9-14-30(28,29)17-20/h2-8,15,20H,9-14,16-17H2,1H3/t20-/m0/s1. The Morgan fingerprint density at radius 2 is 1.80 bits per heavy atom. The summed E-state index contributed by atoms with van der Waals surface area (Å²) in [7, 11) is -2.83. The van der Waals surface area contributed by atoms with E-state index in [2.05, 4.69) is 63.7 Å². The zero-order chi connectivity index (χ0) is 20.7. The lowest BCUT2D eigenvalue weighted by Crippen LogP contribution is -2.50. The van der Waals surface area contributed by atoms with Crippen LogP contribution < -0.4 is 0 Å². The first-order chi connectivity index (χ1) is 14.5. The van der Waals surface area contributed by atoms with Crippen LogP contribution in [0, 0.1) is 6.92 Å². The van der Waals surface area contributed by atoms with Gasteiger partial charge in [-0.15, -0.1) is 0 Å². The van der Waals surface area contributed by atoms with Crippen LogP contribution in [0.3, 0.4) is 0 Å². The average Bonchev–Trinajstić information content (AvgIpc) is 3.29. The van der Waals surface area contributed by atoms with Crippen molar-refractivity contribution < 1.29 is 8.42 Å². The summed E-state index contributed by atoms with van der Waals surface area (Å²) in [6.07, 6.45) is 2.96. The average molecular weight is 425 g/mol. The quantitative estimate of drug-likeness (QED) is 0.644. The molecule has 1 atom stereocenters. The van der Waals surface area contributed by atoms with Crippen LogP contribution in [0.4, 0.5) is 0 Å². The smallest absolute Gasteiger partial charge is 0.151 e. The van der Waals surface area contributed by atoms with Crippen molar-refractivity contribution in [2.24, 2.45) is 0 Å². The van der Waals surface area contributed by atoms with Crippen molar-refractivity contribution in [1.82, 2.24) is 19.2 Å². The van der Waals surface area contributed by atoms with E-state index in [4.69, 9.17) is 4.98 Å². The monoisotopic (exact) mass is 424 g/mol. The molecule has 2 fully saturated rings. The minimum absolute atomic E-state index is 0.204. The van der Waals surface area contributed by atoms with E-state index < -0.39 is 9.84 Å². The van der Waals surface area contributed by atoms with Gasteiger partial charge in [-0.2, -0.15) is 0 Å². The van der Waals surface area contributed by atoms with Crippen molar-refractivity contribution in [2.45, 2.75) is 25.9 Å². The van der Waals surface area contributed by atoms with E-state index in [1.165, 1.54) is 11.3 Å². The fourth-order valence-corrected chi connectivity index (χ4v) is 6.50. The molecular formula is C23H28N4O2S. The normalized spacial score (nSPS) is 22.6. The van der Waals surface area contributed by atoms with E-state index in [0.717, 1.165) is 56.0 Å². The summed E-state index contributed by atoms with van der Waals surface area (Å²) in [6.45, 7) is 6.70. The van der Waals surface area contributed by atoms with Gasteiger partial charge in [0.15, 0.2) is 9.84 Å². The number of hydrogen-bond donors (Lipinski definition) is 0. The Kier molecular flexibility index (Phi) is 5.13. The van der Waals surface area contributed by atoms with Gasteiger partial charge in [0.2, 0.25) is 0 Å². The first-order valence-electron chi connectivity index (χ1n) is 10.7. The topological polar surface area (TPSA) is 57.9 Å². The highest BCUT2D eigenvalue weighted by molar-refractivity contribution is 7.91. The van der Waals surface area contributed by atoms with Gasteiger partial charge in [0.25, 0.3) is 0 Å². The number of sulfone groups is 1. The Morgan fingerprint density at radius 3 is 2.50 bits per heavy atom. The molecule has 0 aliphatic carbocycles. The number of nitrogens with zero attached hydrogens (tertiary/aromatic N) is 4. The Balaban J connectivity index is 1.37. The zero-order valence-corrected chi connectivity index (χ0v) is 18.2. The molecule has 2 aliphatic heterocycles. The van der Waals surface area contributed by atoms with Crippen molar-refractivity contribution in [2.75, 3.05) is 37.7 Å². The Bertz CT molecular complexity index is 1150. The summed E-state index contributed by atoms with van der Waals surface area (Å²) in [5.74, 6) is 0.678. The van der Waals surface area contributed by atoms with Crippen molar-refractivity contribution >= 4 is 15.5 Å². The van der Waals surface area contributed by atoms with Crippen LogP contribution in [0.5, 0.6) is 0 Å². The van der Waals surface area contributed by atoms with Crippen molar-refractivity contribution in [1.29, 1.82) is 0 Å². The molecule has 30 heavy (non-hydrogen) atoms. The van der Waals surface area contributed by atoms with E-state index in [9.17, 15) is 8.42 Å². The summed E-state index contributed by atoms with van der Waals surface area (Å²) in [6, 6.07) is 14.8. The molecule has 2 aliphatic rings. The molecule has 0 saturated carbocycles. The number of aryl methyl sites for hydroxylation is 1. The largest absolute Gasteiger partial charge is 0.302 e. The van der Waals surface area contributed by atoms with Gasteiger partial charge < -0.3 is 4.40 Å². The second-order valence-electron chi connectivity index (χ2n) is 8.58. The minimum Gasteiger partial charge on any atom is -0.302 e. The highest BCUT2D eigenvalue weighted by Gasteiger charge is 2.33. The number of hydrogen-bond acceptors (Lipinski definition) is 5. The fraction of sp³-hybridized carbons (Fsp3) is 0.435. The lowest BCUT2D eigenvalue weighted by molar-refractivity contribution is 0.0992. The second kappa shape index (κ2) is 7.80. The molecule has 5 rings (SSSR count). The number of pyridine rings is 1. The van der Waals surface area contributed by atoms with Gasteiger partial charge in [-0.25, -0.2) is 13.4 Å². The molecule has 0 bridgehead atoms. The van der Waals surface area contributed by atoms with Gasteiger partial charge in [-0.1, -0.05) is 36.4 Å². The van der Waals surface area contributed by atoms with Crippen LogP contribution in [-0.4, -0.2) is 71.3 Å². The molecule has 0 amide bonds. The molecule has 0 spiro atoms. The Morgan fingerprint density at radius 1 is 1.03 bits per heavy atom. The van der Waals surface area contributed by atoms with Crippen LogP contribution in [0.25, 0.3) is 16.9 Å². The molecule has 0 N–H and O–H groups in total. The van der Waals surface area contributed by atoms with Gasteiger partial charge in [-0.05, 0) is 25.0 Å². The molecule has 3 aromatic rings. The first-order valence-corrected chi connectivity index (χ1v) is 12.5. The summed E-state index contributed by atoms with van der Waals surface area (Å²) in [4.78, 5) is 9.79. The number of benzene rings is 1. The molecule has 2 saturated heterocycles. The third-order valence-electron chi connectivity index (χ3n) is 6.42. The first kappa shape index (κ1) is 19.7. The van der Waals surface area contributed by atoms with Crippen LogP contribution in [0.2, 0.25) is 0 Å². The van der Waals surface area contributed by atoms with E-state index in [0.29, 0.717) is 11.5 Å². The maximum atomic E-state index is 11.8. The number of piperazine rings is 1. The summed E-state index contributed by atoms with van der Waals surface area (Å²) >= 11 is 0. The third-order valence-corrected chi connectivity index (χ3v) is 8.17. The van der Waals surface area contributed by atoms with E-state index in [1.54, 1.807) is 0 Å². The van der Waals surface area contributed by atoms with Gasteiger partial charge in [0.1, 0.15) is 5.65 Å². The van der Waals surface area contributed by atoms with Gasteiger partial charge in [-0.3, -0.25) is 9.80 Å². The van der Waals surface area contributed by atoms with Crippen molar-refractivity contribution in [3.63, 3.8) is 0 Å². The molecule has 1 aromatic carbocycles. The van der Waals surface area contributed by atoms with Gasteiger partial charge in [0, 0.05) is 50.5 Å². The Labute approximate surface area is 178 Å². The fourth-order valence-electron chi connectivity index (χ4n) is 4.74. The second-order valence-corrected chi connectivity index (χ2v) is 10.8. The molecular weight excluding hydrogens is 396 g/mol. The molecule has 7 heteroatoms. The third kappa shape index (κ3) is 3.89. The molecule has 6 nitrogen and oxygen atoms in total. The van der Waals surface area contributed by atoms with E-state index >= 15 is 0 Å². The minimum atomic E-state index is -2.83. The highest BCUT2D eigenvalue weighted by atomic mass is 32.2. The molecule has 158 valence electrons. The number of aromatic nitrogens is 2. The maximum absolute atomic E-state index is 11.8. The lowest BCUT2D eigenvalue weighted by atomic mass is 10.1. The van der Waals surface area contributed by atoms with Gasteiger partial charge >= 0.3 is 0 Å². The molecule has 0 unspecified atom stereocenters. The maximum Gasteiger partial charge on any atom is 0.151 e. The summed E-state index contributed by atoms with van der Waals surface area (Å²) in [5.41, 5.74) is 5.60. The summed E-state index contributed by atoms with van der Waals surface area (Å²) in [5, 5.41) is 0. The molecule has 4 heterocycles. The lowest BCUT2D eigenvalue weighted by Gasteiger charge is -2.37. The molecule has 0 radical (unpaired) electrons. The number of rotatable bonds is 4. The van der Waals surface area contributed by atoms with Gasteiger partial charge in [0.05, 0.1) is 22.9 Å². The van der Waals surface area contributed by atoms with E-state index in [1.807, 2.05) is 6.07 Å². The predicted molar refractivity (Wildman–Crippen MR) is 119 cm³/mol. The molecule has 2 aromatic heterocycles. The number of imidazole rings is 1. The van der Waals surface area contributed by atoms with Crippen LogP contribution in [0.1, 0.15) is 17.7 Å². The number of fused-ring (bicyclic) bond motifs is 1. The van der Waals surface area contributed by atoms with Crippen molar-refractivity contribution in [3.05, 3.63) is 59.9 Å². The zero-order valence-electron chi connectivity index (χ0n) is 17.4. The predicted octanol–water partition coefficient (Wildman–Crippen LogP) is 2.61.